The minimum Gasteiger partial charge on any atom is -0.478 e. The summed E-state index contributed by atoms with van der Waals surface area (Å²) in [6.07, 6.45) is 0.949. The third kappa shape index (κ3) is 3.59. The highest BCUT2D eigenvalue weighted by atomic mass is 32.2. The Balaban J connectivity index is 1.68. The van der Waals surface area contributed by atoms with Gasteiger partial charge in [-0.25, -0.2) is 22.6 Å². The first-order valence-electron chi connectivity index (χ1n) is 7.52. The van der Waals surface area contributed by atoms with Crippen LogP contribution in [0.15, 0.2) is 34.0 Å². The Hall–Kier alpha value is -2.37. The molecule has 1 amide bonds. The molecular weight excluding hydrogens is 385 g/mol. The van der Waals surface area contributed by atoms with Crippen LogP contribution in [-0.2, 0) is 10.0 Å². The number of carboxylic acids is 1. The van der Waals surface area contributed by atoms with Crippen molar-refractivity contribution in [2.24, 2.45) is 0 Å². The number of sulfonamides is 1. The molecule has 0 atom stereocenters. The number of rotatable bonds is 4. The van der Waals surface area contributed by atoms with Gasteiger partial charge in [0.25, 0.3) is 15.9 Å². The van der Waals surface area contributed by atoms with E-state index in [1.165, 1.54) is 20.7 Å². The molecule has 1 N–H and O–H groups in total. The molecule has 2 aromatic rings. The first-order chi connectivity index (χ1) is 12.3. The van der Waals surface area contributed by atoms with Gasteiger partial charge >= 0.3 is 5.97 Å². The second kappa shape index (κ2) is 7.09. The molecule has 0 bridgehead atoms. The minimum absolute atomic E-state index is 0.0464. The standard InChI is InChI=1S/C15H14FN3O5S2/c16-11-1-2-12(17-8-11)14(20)18-3-5-19(6-4-18)26(23,24)13-7-10(9-25-13)15(21)22/h1-2,7-9H,3-6H2,(H,21,22). The second-order valence-electron chi connectivity index (χ2n) is 5.52. The van der Waals surface area contributed by atoms with Gasteiger partial charge in [-0.05, 0) is 18.2 Å². The predicted molar refractivity (Wildman–Crippen MR) is 90.1 cm³/mol. The van der Waals surface area contributed by atoms with Crippen LogP contribution < -0.4 is 0 Å². The zero-order valence-electron chi connectivity index (χ0n) is 13.3. The highest BCUT2D eigenvalue weighted by molar-refractivity contribution is 7.91. The van der Waals surface area contributed by atoms with Crippen LogP contribution in [0.25, 0.3) is 0 Å². The van der Waals surface area contributed by atoms with Crippen LogP contribution in [0.5, 0.6) is 0 Å². The van der Waals surface area contributed by atoms with Crippen LogP contribution in [0.3, 0.4) is 0 Å². The first-order valence-corrected chi connectivity index (χ1v) is 9.84. The van der Waals surface area contributed by atoms with E-state index >= 15 is 0 Å². The molecule has 2 aromatic heterocycles. The summed E-state index contributed by atoms with van der Waals surface area (Å²) >= 11 is 0.847. The molecule has 138 valence electrons. The molecule has 8 nitrogen and oxygen atoms in total. The largest absolute Gasteiger partial charge is 0.478 e. The quantitative estimate of drug-likeness (QED) is 0.826. The average Bonchev–Trinajstić information content (AvgIpc) is 3.13. The van der Waals surface area contributed by atoms with E-state index in [0.717, 1.165) is 29.7 Å². The van der Waals surface area contributed by atoms with Crippen LogP contribution in [0.2, 0.25) is 0 Å². The number of aromatic carboxylic acids is 1. The lowest BCUT2D eigenvalue weighted by Crippen LogP contribution is -2.50. The van der Waals surface area contributed by atoms with Gasteiger partial charge in [-0.3, -0.25) is 4.79 Å². The number of aromatic nitrogens is 1. The summed E-state index contributed by atoms with van der Waals surface area (Å²) in [6, 6.07) is 3.54. The Bertz CT molecular complexity index is 934. The fourth-order valence-electron chi connectivity index (χ4n) is 2.49. The molecule has 0 spiro atoms. The molecule has 11 heteroatoms. The molecule has 0 aromatic carbocycles. The summed E-state index contributed by atoms with van der Waals surface area (Å²) in [4.78, 5) is 28.4. The van der Waals surface area contributed by atoms with Gasteiger partial charge in [-0.2, -0.15) is 4.31 Å². The second-order valence-corrected chi connectivity index (χ2v) is 8.59. The summed E-state index contributed by atoms with van der Waals surface area (Å²) in [7, 11) is -3.81. The number of hydrogen-bond donors (Lipinski definition) is 1. The van der Waals surface area contributed by atoms with Gasteiger partial charge in [-0.1, -0.05) is 0 Å². The SMILES string of the molecule is O=C(O)c1csc(S(=O)(=O)N2CCN(C(=O)c3ccc(F)cn3)CC2)c1. The number of hydrogen-bond acceptors (Lipinski definition) is 6. The summed E-state index contributed by atoms with van der Waals surface area (Å²) in [5, 5.41) is 10.2. The lowest BCUT2D eigenvalue weighted by molar-refractivity contribution is 0.0685. The molecule has 3 heterocycles. The highest BCUT2D eigenvalue weighted by Crippen LogP contribution is 2.25. The molecule has 0 unspecified atom stereocenters. The molecule has 1 aliphatic heterocycles. The maximum atomic E-state index is 12.9. The molecule has 3 rings (SSSR count). The highest BCUT2D eigenvalue weighted by Gasteiger charge is 2.32. The van der Waals surface area contributed by atoms with Crippen LogP contribution in [0.1, 0.15) is 20.8 Å². The lowest BCUT2D eigenvalue weighted by atomic mass is 10.3. The van der Waals surface area contributed by atoms with E-state index in [1.807, 2.05) is 0 Å². The number of carbonyl (C=O) groups excluding carboxylic acids is 1. The van der Waals surface area contributed by atoms with Gasteiger partial charge in [0.1, 0.15) is 15.7 Å². The molecule has 26 heavy (non-hydrogen) atoms. The van der Waals surface area contributed by atoms with Gasteiger partial charge in [0, 0.05) is 31.6 Å². The minimum atomic E-state index is -3.81. The maximum Gasteiger partial charge on any atom is 0.336 e. The Kier molecular flexibility index (Phi) is 5.03. The van der Waals surface area contributed by atoms with Crippen molar-refractivity contribution in [2.75, 3.05) is 26.2 Å². The first kappa shape index (κ1) is 18.4. The molecular formula is C15H14FN3O5S2. The zero-order valence-corrected chi connectivity index (χ0v) is 15.0. The van der Waals surface area contributed by atoms with E-state index in [2.05, 4.69) is 4.98 Å². The number of nitrogens with zero attached hydrogens (tertiary/aromatic N) is 3. The van der Waals surface area contributed by atoms with E-state index in [-0.39, 0.29) is 41.6 Å². The van der Waals surface area contributed by atoms with Crippen molar-refractivity contribution in [1.29, 1.82) is 0 Å². The van der Waals surface area contributed by atoms with Gasteiger partial charge in [0.15, 0.2) is 0 Å². The molecule has 1 saturated heterocycles. The Morgan fingerprint density at radius 3 is 2.42 bits per heavy atom. The molecule has 1 aliphatic rings. The van der Waals surface area contributed by atoms with Crippen LogP contribution in [0, 0.1) is 5.82 Å². The van der Waals surface area contributed by atoms with Crippen LogP contribution in [-0.4, -0.2) is 65.8 Å². The Morgan fingerprint density at radius 2 is 1.88 bits per heavy atom. The van der Waals surface area contributed by atoms with Crippen molar-refractivity contribution in [1.82, 2.24) is 14.2 Å². The molecule has 0 aliphatic carbocycles. The van der Waals surface area contributed by atoms with Gasteiger partial charge in [0.2, 0.25) is 0 Å². The fraction of sp³-hybridized carbons (Fsp3) is 0.267. The topological polar surface area (TPSA) is 108 Å². The summed E-state index contributed by atoms with van der Waals surface area (Å²) in [5.74, 6) is -2.13. The number of thiophene rings is 1. The normalized spacial score (nSPS) is 15.8. The molecule has 1 fully saturated rings. The van der Waals surface area contributed by atoms with E-state index in [4.69, 9.17) is 5.11 Å². The van der Waals surface area contributed by atoms with Gasteiger partial charge in [-0.15, -0.1) is 11.3 Å². The molecule has 0 radical (unpaired) electrons. The Labute approximate surface area is 152 Å². The number of piperazine rings is 1. The zero-order chi connectivity index (χ0) is 18.9. The van der Waals surface area contributed by atoms with E-state index < -0.39 is 27.7 Å². The van der Waals surface area contributed by atoms with Crippen molar-refractivity contribution in [3.63, 3.8) is 0 Å². The summed E-state index contributed by atoms with van der Waals surface area (Å²) in [6.45, 7) is 0.480. The summed E-state index contributed by atoms with van der Waals surface area (Å²) in [5.41, 5.74) is 0.0110. The number of halogens is 1. The number of carbonyl (C=O) groups is 2. The van der Waals surface area contributed by atoms with Crippen molar-refractivity contribution in [2.45, 2.75) is 4.21 Å². The van der Waals surface area contributed by atoms with Crippen molar-refractivity contribution in [3.05, 3.63) is 46.9 Å². The van der Waals surface area contributed by atoms with Gasteiger partial charge in [0.05, 0.1) is 11.8 Å². The van der Waals surface area contributed by atoms with Gasteiger partial charge < -0.3 is 10.0 Å². The van der Waals surface area contributed by atoms with Crippen molar-refractivity contribution >= 4 is 33.2 Å². The molecule has 0 saturated carbocycles. The van der Waals surface area contributed by atoms with Crippen molar-refractivity contribution < 1.29 is 27.5 Å². The predicted octanol–water partition coefficient (Wildman–Crippen LogP) is 1.13. The lowest BCUT2D eigenvalue weighted by Gasteiger charge is -2.33. The van der Waals surface area contributed by atoms with E-state index in [1.54, 1.807) is 0 Å². The average molecular weight is 399 g/mol. The monoisotopic (exact) mass is 399 g/mol. The Morgan fingerprint density at radius 1 is 1.19 bits per heavy atom. The van der Waals surface area contributed by atoms with E-state index in [0.29, 0.717) is 0 Å². The smallest absolute Gasteiger partial charge is 0.336 e. The van der Waals surface area contributed by atoms with Crippen LogP contribution >= 0.6 is 11.3 Å². The fourth-order valence-corrected chi connectivity index (χ4v) is 5.22. The maximum absolute atomic E-state index is 12.9. The van der Waals surface area contributed by atoms with E-state index in [9.17, 15) is 22.4 Å². The van der Waals surface area contributed by atoms with Crippen LogP contribution in [0.4, 0.5) is 4.39 Å². The number of amides is 1. The number of pyridine rings is 1. The number of carboxylic acid groups (broad SMARTS) is 1. The third-order valence-electron chi connectivity index (χ3n) is 3.89. The third-order valence-corrected chi connectivity index (χ3v) is 7.20. The summed E-state index contributed by atoms with van der Waals surface area (Å²) < 4.78 is 39.2. The van der Waals surface area contributed by atoms with Crippen molar-refractivity contribution in [3.8, 4) is 0 Å².